The summed E-state index contributed by atoms with van der Waals surface area (Å²) in [6.45, 7) is 8.86. The Morgan fingerprint density at radius 2 is 1.24 bits per heavy atom. The van der Waals surface area contributed by atoms with Crippen molar-refractivity contribution in [1.82, 2.24) is 0 Å². The molecule has 0 saturated carbocycles. The highest BCUT2D eigenvalue weighted by molar-refractivity contribution is 6.18. The van der Waals surface area contributed by atoms with Gasteiger partial charge in [-0.25, -0.2) is 0 Å². The van der Waals surface area contributed by atoms with Gasteiger partial charge in [0.15, 0.2) is 12.6 Å². The van der Waals surface area contributed by atoms with Gasteiger partial charge < -0.3 is 45.1 Å². The molecule has 10 atom stereocenters. The molecule has 0 aromatic rings. The Morgan fingerprint density at radius 1 is 0.811 bits per heavy atom. The summed E-state index contributed by atoms with van der Waals surface area (Å²) >= 11 is 5.64. The summed E-state index contributed by atoms with van der Waals surface area (Å²) in [5.41, 5.74) is 5.14. The molecule has 0 aliphatic carbocycles. The van der Waals surface area contributed by atoms with Gasteiger partial charge in [-0.1, -0.05) is 59.8 Å². The second kappa shape index (κ2) is 23.7. The number of methoxy groups -OCH3 is 2. The van der Waals surface area contributed by atoms with E-state index in [9.17, 15) is 24.8 Å². The number of nitrogens with two attached hydrogens (primary N) is 1. The number of alkyl halides is 2. The molecule has 0 bridgehead atoms. The van der Waals surface area contributed by atoms with Gasteiger partial charge in [-0.2, -0.15) is 0 Å². The summed E-state index contributed by atoms with van der Waals surface area (Å²) in [7, 11) is 1.91. The minimum absolute atomic E-state index is 0.0183. The second-order valence-corrected chi connectivity index (χ2v) is 9.69. The third-order valence-electron chi connectivity index (χ3n) is 6.64. The fourth-order valence-corrected chi connectivity index (χ4v) is 4.37. The molecule has 6 N–H and O–H groups in total. The van der Waals surface area contributed by atoms with Gasteiger partial charge >= 0.3 is 0 Å². The van der Waals surface area contributed by atoms with E-state index in [4.69, 9.17) is 37.7 Å². The molecule has 2 heterocycles. The highest BCUT2D eigenvalue weighted by Gasteiger charge is 2.42. The molecule has 0 radical (unpaired) electrons. The Hall–Kier alpha value is -0.140. The Kier molecular flexibility index (Phi) is 23.6. The maximum atomic E-state index is 9.96. The smallest absolute Gasteiger partial charge is 0.186 e. The third kappa shape index (κ3) is 14.2. The molecule has 0 aromatic carbocycles. The Labute approximate surface area is 230 Å². The van der Waals surface area contributed by atoms with Crippen molar-refractivity contribution in [2.45, 2.75) is 122 Å². The van der Waals surface area contributed by atoms with Crippen LogP contribution in [0, 0.1) is 11.8 Å². The summed E-state index contributed by atoms with van der Waals surface area (Å²) in [4.78, 5) is 0. The van der Waals surface area contributed by atoms with Crippen LogP contribution < -0.4 is 5.73 Å². The summed E-state index contributed by atoms with van der Waals surface area (Å²) in [5, 5.41) is 38.7. The Bertz CT molecular complexity index is 510. The molecule has 2 fully saturated rings. The van der Waals surface area contributed by atoms with Crippen LogP contribution in [0.5, 0.6) is 0 Å². The average Bonchev–Trinajstić information content (AvgIpc) is 2.91. The first-order chi connectivity index (χ1) is 18.1. The Balaban J connectivity index is 0. The highest BCUT2D eigenvalue weighted by Crippen LogP contribution is 2.29. The van der Waals surface area contributed by atoms with Crippen LogP contribution in [0.2, 0.25) is 0 Å². The third-order valence-corrected chi connectivity index (χ3v) is 6.95. The lowest BCUT2D eigenvalue weighted by atomic mass is 9.88. The molecule has 0 amide bonds. The quantitative estimate of drug-likeness (QED) is 0.200. The van der Waals surface area contributed by atoms with E-state index in [1.807, 2.05) is 6.92 Å². The number of aliphatic hydroxyl groups is 4. The number of hydrogen-bond acceptors (Lipinski definition) is 9. The maximum Gasteiger partial charge on any atom is 0.186 e. The van der Waals surface area contributed by atoms with Crippen molar-refractivity contribution in [2.24, 2.45) is 17.6 Å². The molecule has 2 rings (SSSR count). The predicted octanol–water partition coefficient (Wildman–Crippen LogP) is 2.97. The predicted molar refractivity (Wildman–Crippen MR) is 144 cm³/mol. The molecule has 10 unspecified atom stereocenters. The standard InChI is InChI=1S/C13H26O4.C8H15ClO4.C4H11N.CH3F/c1-4-5-6-7-8-10-9(2)11(14)12(15)13(16-3)17-10;1-4-5(3-9)13-8(12-2)7(11)6(4)10;1-2-3-4-5;1-2/h9-15H,4-8H2,1-3H3;4-8,10-11H,3H2,1-2H3;2-5H2,1H3;1H3/i;;;1D. The van der Waals surface area contributed by atoms with Crippen LogP contribution in [0.25, 0.3) is 0 Å². The summed E-state index contributed by atoms with van der Waals surface area (Å²) in [6.07, 6.45) is 2.73. The molecule has 0 spiro atoms. The lowest BCUT2D eigenvalue weighted by Crippen LogP contribution is -2.54. The van der Waals surface area contributed by atoms with Gasteiger partial charge in [-0.3, -0.25) is 4.39 Å². The largest absolute Gasteiger partial charge is 0.390 e. The fraction of sp³-hybridized carbons (Fsp3) is 1.00. The lowest BCUT2D eigenvalue weighted by Gasteiger charge is -2.41. The monoisotopic (exact) mass is 564 g/mol. The first kappa shape index (κ1) is 36.9. The SMILES string of the molecule is CCCCCCC1OC(OC)C(O)C(O)C1C.CCCCN.COC1OC(CCl)C(C)C(O)C1O.[2H]CF. The van der Waals surface area contributed by atoms with E-state index in [-0.39, 0.29) is 29.9 Å². The molecule has 226 valence electrons. The van der Waals surface area contributed by atoms with Crippen LogP contribution in [0.3, 0.4) is 0 Å². The van der Waals surface area contributed by atoms with Gasteiger partial charge in [0.1, 0.15) is 12.2 Å². The van der Waals surface area contributed by atoms with E-state index in [2.05, 4.69) is 13.8 Å². The second-order valence-electron chi connectivity index (χ2n) is 9.38. The topological polar surface area (TPSA) is 144 Å². The molecular weight excluding hydrogens is 509 g/mol. The van der Waals surface area contributed by atoms with Crippen LogP contribution in [0.1, 0.15) is 74.0 Å². The molecule has 9 nitrogen and oxygen atoms in total. The van der Waals surface area contributed by atoms with Gasteiger partial charge in [-0.05, 0) is 19.4 Å². The molecular formula is C26H55ClFNO8. The van der Waals surface area contributed by atoms with Crippen molar-refractivity contribution in [1.29, 1.82) is 0 Å². The van der Waals surface area contributed by atoms with E-state index >= 15 is 0 Å². The van der Waals surface area contributed by atoms with Crippen molar-refractivity contribution in [3.05, 3.63) is 0 Å². The van der Waals surface area contributed by atoms with Crippen molar-refractivity contribution >= 4 is 11.6 Å². The van der Waals surface area contributed by atoms with Crippen molar-refractivity contribution in [3.63, 3.8) is 0 Å². The number of hydrogen-bond donors (Lipinski definition) is 5. The van der Waals surface area contributed by atoms with Crippen LogP contribution in [-0.2, 0) is 18.9 Å². The van der Waals surface area contributed by atoms with Gasteiger partial charge in [0.2, 0.25) is 0 Å². The highest BCUT2D eigenvalue weighted by atomic mass is 35.5. The lowest BCUT2D eigenvalue weighted by molar-refractivity contribution is -0.276. The van der Waals surface area contributed by atoms with Crippen LogP contribution in [0.4, 0.5) is 4.39 Å². The van der Waals surface area contributed by atoms with E-state index in [0.29, 0.717) is 0 Å². The van der Waals surface area contributed by atoms with Gasteiger partial charge in [0.05, 0.1) is 32.9 Å². The average molecular weight is 565 g/mol. The minimum Gasteiger partial charge on any atom is -0.390 e. The first-order valence-electron chi connectivity index (χ1n) is 14.0. The van der Waals surface area contributed by atoms with E-state index < -0.39 is 44.1 Å². The number of rotatable bonds is 10. The number of aliphatic hydroxyl groups excluding tert-OH is 4. The summed E-state index contributed by atoms with van der Waals surface area (Å²) < 4.78 is 36.4. The number of halogens is 2. The van der Waals surface area contributed by atoms with E-state index in [1.165, 1.54) is 46.3 Å². The van der Waals surface area contributed by atoms with Crippen LogP contribution >= 0.6 is 11.6 Å². The maximum absolute atomic E-state index is 9.96. The fourth-order valence-electron chi connectivity index (χ4n) is 4.01. The summed E-state index contributed by atoms with van der Waals surface area (Å²) in [6, 6.07) is 0. The minimum atomic E-state index is -1.00. The van der Waals surface area contributed by atoms with Gasteiger partial charge in [0, 0.05) is 31.9 Å². The normalized spacial score (nSPS) is 35.5. The van der Waals surface area contributed by atoms with Crippen LogP contribution in [0.15, 0.2) is 0 Å². The van der Waals surface area contributed by atoms with E-state index in [0.717, 1.165) is 19.4 Å². The molecule has 2 aliphatic rings. The zero-order valence-corrected chi connectivity index (χ0v) is 24.4. The molecule has 0 aromatic heterocycles. The van der Waals surface area contributed by atoms with Crippen LogP contribution in [-0.4, -0.2) is 103 Å². The van der Waals surface area contributed by atoms with E-state index in [1.54, 1.807) is 6.92 Å². The molecule has 2 saturated heterocycles. The number of ether oxygens (including phenoxy) is 4. The van der Waals surface area contributed by atoms with Gasteiger partial charge in [-0.15, -0.1) is 11.6 Å². The van der Waals surface area contributed by atoms with Crippen molar-refractivity contribution in [3.8, 4) is 0 Å². The van der Waals surface area contributed by atoms with Crippen molar-refractivity contribution in [2.75, 3.05) is 33.8 Å². The van der Waals surface area contributed by atoms with Gasteiger partial charge in [0.25, 0.3) is 0 Å². The number of unbranched alkanes of at least 4 members (excludes halogenated alkanes) is 4. The summed E-state index contributed by atoms with van der Waals surface area (Å²) in [5.74, 6) is 0.0575. The molecule has 37 heavy (non-hydrogen) atoms. The zero-order valence-electron chi connectivity index (χ0n) is 24.6. The van der Waals surface area contributed by atoms with Crippen molar-refractivity contribution < 1.29 is 45.1 Å². The first-order valence-corrected chi connectivity index (χ1v) is 13.8. The zero-order chi connectivity index (χ0) is 29.7. The Morgan fingerprint density at radius 3 is 1.59 bits per heavy atom. The molecule has 11 heteroatoms. The molecule has 2 aliphatic heterocycles.